The Balaban J connectivity index is 2.76. The van der Waals surface area contributed by atoms with Gasteiger partial charge in [0, 0.05) is 0 Å². The molecule has 0 bridgehead atoms. The van der Waals surface area contributed by atoms with Crippen molar-refractivity contribution in [1.29, 1.82) is 5.26 Å². The Bertz CT molecular complexity index is 473. The number of nitriles is 1. The zero-order valence-electron chi connectivity index (χ0n) is 9.64. The van der Waals surface area contributed by atoms with Crippen molar-refractivity contribution in [3.05, 3.63) is 35.4 Å². The molecule has 0 aliphatic carbocycles. The molecule has 4 heteroatoms. The minimum absolute atomic E-state index is 0.188. The maximum absolute atomic E-state index is 11.1. The summed E-state index contributed by atoms with van der Waals surface area (Å²) in [6.45, 7) is 2.13. The van der Waals surface area contributed by atoms with Crippen molar-refractivity contribution in [2.75, 3.05) is 12.3 Å². The number of nitrogens with two attached hydrogens (primary N) is 1. The van der Waals surface area contributed by atoms with Crippen molar-refractivity contribution < 1.29 is 9.53 Å². The molecule has 0 amide bonds. The normalized spacial score (nSPS) is 10.1. The molecular weight excluding hydrogens is 216 g/mol. The topological polar surface area (TPSA) is 76.1 Å². The molecule has 88 valence electrons. The van der Waals surface area contributed by atoms with E-state index in [1.807, 2.05) is 6.07 Å². The van der Waals surface area contributed by atoms with E-state index >= 15 is 0 Å². The second-order valence-electron chi connectivity index (χ2n) is 3.33. The van der Waals surface area contributed by atoms with Crippen LogP contribution in [0.4, 0.5) is 5.69 Å². The number of nitrogens with zero attached hydrogens (tertiary/aromatic N) is 1. The smallest absolute Gasteiger partial charge is 0.309 e. The fourth-order valence-electron chi connectivity index (χ4n) is 1.36. The van der Waals surface area contributed by atoms with Crippen LogP contribution in [0.15, 0.2) is 24.3 Å². The van der Waals surface area contributed by atoms with Gasteiger partial charge < -0.3 is 10.5 Å². The van der Waals surface area contributed by atoms with Crippen LogP contribution >= 0.6 is 0 Å². The summed E-state index contributed by atoms with van der Waals surface area (Å²) in [4.78, 5) is 11.1. The van der Waals surface area contributed by atoms with E-state index in [9.17, 15) is 4.79 Å². The van der Waals surface area contributed by atoms with Gasteiger partial charge in [0.2, 0.25) is 0 Å². The Labute approximate surface area is 100 Å². The minimum Gasteiger partial charge on any atom is -0.466 e. The molecule has 0 saturated carbocycles. The molecule has 2 N–H and O–H groups in total. The summed E-state index contributed by atoms with van der Waals surface area (Å²) in [7, 11) is 0. The van der Waals surface area contributed by atoms with Crippen LogP contribution in [0.2, 0.25) is 0 Å². The first kappa shape index (κ1) is 12.8. The Morgan fingerprint density at radius 2 is 2.35 bits per heavy atom. The number of hydrogen-bond acceptors (Lipinski definition) is 4. The molecule has 0 saturated heterocycles. The van der Waals surface area contributed by atoms with Crippen LogP contribution in [0, 0.1) is 11.3 Å². The van der Waals surface area contributed by atoms with Gasteiger partial charge in [-0.15, -0.1) is 0 Å². The number of ether oxygens (including phenoxy) is 1. The summed E-state index contributed by atoms with van der Waals surface area (Å²) in [5, 5.41) is 8.94. The lowest BCUT2D eigenvalue weighted by Crippen LogP contribution is -2.01. The molecule has 0 spiro atoms. The molecule has 4 nitrogen and oxygen atoms in total. The van der Waals surface area contributed by atoms with Gasteiger partial charge in [-0.25, -0.2) is 0 Å². The first-order valence-corrected chi connectivity index (χ1v) is 5.29. The average molecular weight is 230 g/mol. The molecule has 1 aromatic carbocycles. The van der Waals surface area contributed by atoms with Crippen LogP contribution in [0.5, 0.6) is 0 Å². The number of nitrogen functional groups attached to an aromatic ring is 1. The number of carbonyl (C=O) groups is 1. The third-order valence-corrected chi connectivity index (χ3v) is 2.13. The van der Waals surface area contributed by atoms with E-state index in [2.05, 4.69) is 0 Å². The van der Waals surface area contributed by atoms with Crippen molar-refractivity contribution in [2.24, 2.45) is 0 Å². The van der Waals surface area contributed by atoms with Gasteiger partial charge in [0.05, 0.1) is 24.3 Å². The van der Waals surface area contributed by atoms with E-state index in [4.69, 9.17) is 15.7 Å². The van der Waals surface area contributed by atoms with E-state index < -0.39 is 0 Å². The van der Waals surface area contributed by atoms with Gasteiger partial charge in [0.15, 0.2) is 0 Å². The van der Waals surface area contributed by atoms with Gasteiger partial charge in [-0.1, -0.05) is 24.3 Å². The van der Waals surface area contributed by atoms with Crippen LogP contribution in [0.1, 0.15) is 24.5 Å². The second-order valence-corrected chi connectivity index (χ2v) is 3.33. The molecule has 1 rings (SSSR count). The zero-order valence-corrected chi connectivity index (χ0v) is 9.64. The quantitative estimate of drug-likeness (QED) is 0.634. The molecule has 1 aromatic rings. The molecule has 0 radical (unpaired) electrons. The van der Waals surface area contributed by atoms with E-state index in [0.717, 1.165) is 0 Å². The highest BCUT2D eigenvalue weighted by atomic mass is 16.5. The Kier molecular flexibility index (Phi) is 4.77. The van der Waals surface area contributed by atoms with Gasteiger partial charge >= 0.3 is 5.97 Å². The van der Waals surface area contributed by atoms with Gasteiger partial charge in [-0.2, -0.15) is 5.26 Å². The van der Waals surface area contributed by atoms with E-state index in [-0.39, 0.29) is 12.4 Å². The third kappa shape index (κ3) is 3.65. The predicted octanol–water partition coefficient (Wildman–Crippen LogP) is 2.11. The zero-order chi connectivity index (χ0) is 12.7. The highest BCUT2D eigenvalue weighted by molar-refractivity contribution is 5.74. The predicted molar refractivity (Wildman–Crippen MR) is 65.9 cm³/mol. The summed E-state index contributed by atoms with van der Waals surface area (Å²) < 4.78 is 4.78. The minimum atomic E-state index is -0.286. The summed E-state index contributed by atoms with van der Waals surface area (Å²) in [6, 6.07) is 7.24. The van der Waals surface area contributed by atoms with Crippen LogP contribution in [0.25, 0.3) is 6.08 Å². The van der Waals surface area contributed by atoms with Crippen LogP contribution in [-0.2, 0) is 9.53 Å². The third-order valence-electron chi connectivity index (χ3n) is 2.13. The monoisotopic (exact) mass is 230 g/mol. The van der Waals surface area contributed by atoms with Crippen molar-refractivity contribution in [2.45, 2.75) is 13.3 Å². The van der Waals surface area contributed by atoms with Crippen LogP contribution in [-0.4, -0.2) is 12.6 Å². The van der Waals surface area contributed by atoms with E-state index in [0.29, 0.717) is 23.4 Å². The number of esters is 1. The Morgan fingerprint density at radius 1 is 1.59 bits per heavy atom. The first-order chi connectivity index (χ1) is 8.19. The van der Waals surface area contributed by atoms with Crippen molar-refractivity contribution in [1.82, 2.24) is 0 Å². The SMILES string of the molecule is CCOC(=O)CC=Cc1cccc(N)c1C#N. The molecule has 0 aliphatic heterocycles. The van der Waals surface area contributed by atoms with E-state index in [1.54, 1.807) is 37.3 Å². The Hall–Kier alpha value is -2.28. The Morgan fingerprint density at radius 3 is 3.00 bits per heavy atom. The molecule has 0 unspecified atom stereocenters. The molecule has 0 aromatic heterocycles. The maximum atomic E-state index is 11.1. The summed E-state index contributed by atoms with van der Waals surface area (Å²) in [5.74, 6) is -0.286. The summed E-state index contributed by atoms with van der Waals surface area (Å²) in [5.41, 5.74) is 7.23. The standard InChI is InChI=1S/C13H14N2O2/c1-2-17-13(16)8-4-6-10-5-3-7-12(15)11(10)9-14/h3-7H,2,8,15H2,1H3. The first-order valence-electron chi connectivity index (χ1n) is 5.29. The molecule has 0 heterocycles. The van der Waals surface area contributed by atoms with Crippen LogP contribution in [0.3, 0.4) is 0 Å². The molecular formula is C13H14N2O2. The van der Waals surface area contributed by atoms with E-state index in [1.165, 1.54) is 0 Å². The lowest BCUT2D eigenvalue weighted by atomic mass is 10.1. The highest BCUT2D eigenvalue weighted by Crippen LogP contribution is 2.17. The fraction of sp³-hybridized carbons (Fsp3) is 0.231. The lowest BCUT2D eigenvalue weighted by molar-refractivity contribution is -0.142. The highest BCUT2D eigenvalue weighted by Gasteiger charge is 2.02. The number of hydrogen-bond donors (Lipinski definition) is 1. The lowest BCUT2D eigenvalue weighted by Gasteiger charge is -2.01. The van der Waals surface area contributed by atoms with Crippen molar-refractivity contribution >= 4 is 17.7 Å². The molecule has 0 fully saturated rings. The molecule has 17 heavy (non-hydrogen) atoms. The summed E-state index contributed by atoms with van der Waals surface area (Å²) >= 11 is 0. The fourth-order valence-corrected chi connectivity index (χ4v) is 1.36. The number of carbonyl (C=O) groups excluding carboxylic acids is 1. The van der Waals surface area contributed by atoms with Gasteiger partial charge in [-0.3, -0.25) is 4.79 Å². The largest absolute Gasteiger partial charge is 0.466 e. The van der Waals surface area contributed by atoms with Crippen LogP contribution < -0.4 is 5.73 Å². The molecule has 0 atom stereocenters. The van der Waals surface area contributed by atoms with Gasteiger partial charge in [0.1, 0.15) is 6.07 Å². The number of benzene rings is 1. The van der Waals surface area contributed by atoms with Gasteiger partial charge in [-0.05, 0) is 18.6 Å². The summed E-state index contributed by atoms with van der Waals surface area (Å²) in [6.07, 6.45) is 3.55. The van der Waals surface area contributed by atoms with Crippen molar-refractivity contribution in [3.63, 3.8) is 0 Å². The number of anilines is 1. The molecule has 0 aliphatic rings. The maximum Gasteiger partial charge on any atom is 0.309 e. The second kappa shape index (κ2) is 6.33. The van der Waals surface area contributed by atoms with Crippen molar-refractivity contribution in [3.8, 4) is 6.07 Å². The average Bonchev–Trinajstić information content (AvgIpc) is 2.29. The van der Waals surface area contributed by atoms with Gasteiger partial charge in [0.25, 0.3) is 0 Å². The number of rotatable bonds is 4.